The summed E-state index contributed by atoms with van der Waals surface area (Å²) in [4.78, 5) is 36.1. The number of rotatable bonds is 19. The van der Waals surface area contributed by atoms with Gasteiger partial charge in [0.05, 0.1) is 69.1 Å². The molecule has 0 saturated carbocycles. The minimum absolute atomic E-state index is 0.169. The van der Waals surface area contributed by atoms with Crippen LogP contribution in [0.5, 0.6) is 0 Å². The molecule has 1 saturated heterocycles. The van der Waals surface area contributed by atoms with Gasteiger partial charge in [-0.1, -0.05) is 38.3 Å². The Morgan fingerprint density at radius 3 is 2.56 bits per heavy atom. The van der Waals surface area contributed by atoms with E-state index in [1.165, 1.54) is 5.69 Å². The summed E-state index contributed by atoms with van der Waals surface area (Å²) in [6, 6.07) is 16.0. The Morgan fingerprint density at radius 2 is 1.80 bits per heavy atom. The number of nitriles is 1. The second kappa shape index (κ2) is 17.6. The predicted octanol–water partition coefficient (Wildman–Crippen LogP) is 6.41. The van der Waals surface area contributed by atoms with E-state index in [1.807, 2.05) is 12.1 Å². The lowest BCUT2D eigenvalue weighted by molar-refractivity contribution is -0.910. The molecule has 0 amide bonds. The van der Waals surface area contributed by atoms with Crippen molar-refractivity contribution in [3.8, 4) is 6.07 Å². The van der Waals surface area contributed by atoms with Crippen molar-refractivity contribution in [2.45, 2.75) is 84.6 Å². The first kappa shape index (κ1) is 36.9. The van der Waals surface area contributed by atoms with Gasteiger partial charge in [0.1, 0.15) is 29.5 Å². The molecule has 2 aromatic heterocycles. The van der Waals surface area contributed by atoms with Crippen LogP contribution in [0, 0.1) is 11.3 Å². The molecule has 1 aliphatic rings. The number of hydrogen-bond donors (Lipinski definition) is 1. The van der Waals surface area contributed by atoms with E-state index < -0.39 is 0 Å². The fourth-order valence-electron chi connectivity index (χ4n) is 6.95. The van der Waals surface area contributed by atoms with E-state index in [0.29, 0.717) is 43.9 Å². The van der Waals surface area contributed by atoms with Gasteiger partial charge in [-0.15, -0.1) is 0 Å². The zero-order valence-corrected chi connectivity index (χ0v) is 30.3. The van der Waals surface area contributed by atoms with Crippen LogP contribution in [0.3, 0.4) is 0 Å². The molecule has 50 heavy (non-hydrogen) atoms. The number of carbonyl (C=O) groups is 2. The molecule has 4 aromatic rings. The fourth-order valence-corrected chi connectivity index (χ4v) is 6.95. The van der Waals surface area contributed by atoms with Crippen molar-refractivity contribution >= 4 is 45.0 Å². The number of anilines is 2. The molecule has 1 fully saturated rings. The van der Waals surface area contributed by atoms with Gasteiger partial charge in [-0.25, -0.2) is 9.97 Å². The Labute approximate surface area is 296 Å². The first-order valence-corrected chi connectivity index (χ1v) is 18.4. The van der Waals surface area contributed by atoms with Crippen molar-refractivity contribution < 1.29 is 18.8 Å². The summed E-state index contributed by atoms with van der Waals surface area (Å²) >= 11 is 0. The average Bonchev–Trinajstić information content (AvgIpc) is 3.48. The van der Waals surface area contributed by atoms with Gasteiger partial charge in [0.2, 0.25) is 0 Å². The van der Waals surface area contributed by atoms with Crippen molar-refractivity contribution in [2.75, 3.05) is 63.6 Å². The topological polar surface area (TPSA) is 127 Å². The number of piperazine rings is 1. The zero-order chi connectivity index (χ0) is 35.5. The number of nitrogens with two attached hydrogens (primary N) is 1. The fraction of sp³-hybridized carbons (Fsp3) is 0.525. The molecule has 0 bridgehead atoms. The Morgan fingerprint density at radius 1 is 1.00 bits per heavy atom. The molecule has 10 heteroatoms. The molecule has 0 atom stereocenters. The number of aryl methyl sites for hydroxylation is 2. The Kier molecular flexibility index (Phi) is 13.0. The third kappa shape index (κ3) is 9.67. The van der Waals surface area contributed by atoms with Gasteiger partial charge >= 0.3 is 0 Å². The Bertz CT molecular complexity index is 1820. The summed E-state index contributed by atoms with van der Waals surface area (Å²) in [5, 5.41) is 10.2. The van der Waals surface area contributed by atoms with Gasteiger partial charge in [-0.05, 0) is 62.1 Å². The first-order chi connectivity index (χ1) is 24.2. The van der Waals surface area contributed by atoms with Gasteiger partial charge in [0.15, 0.2) is 5.82 Å². The van der Waals surface area contributed by atoms with Crippen molar-refractivity contribution in [3.63, 3.8) is 0 Å². The highest BCUT2D eigenvalue weighted by molar-refractivity contribution is 6.07. The largest absolute Gasteiger partial charge is 0.382 e. The monoisotopic (exact) mass is 680 g/mol. The van der Waals surface area contributed by atoms with Gasteiger partial charge < -0.3 is 24.4 Å². The maximum absolute atomic E-state index is 12.6. The lowest BCUT2D eigenvalue weighted by Gasteiger charge is -2.42. The van der Waals surface area contributed by atoms with Crippen LogP contribution >= 0.6 is 0 Å². The lowest BCUT2D eigenvalue weighted by atomic mass is 10.0. The van der Waals surface area contributed by atoms with Crippen LogP contribution in [0.25, 0.3) is 21.9 Å². The summed E-state index contributed by atoms with van der Waals surface area (Å²) in [6.45, 7) is 10.8. The van der Waals surface area contributed by atoms with Crippen LogP contribution in [0.2, 0.25) is 0 Å². The number of benzene rings is 2. The molecule has 2 N–H and O–H groups in total. The van der Waals surface area contributed by atoms with Crippen molar-refractivity contribution in [1.29, 1.82) is 5.26 Å². The number of aromatic nitrogens is 3. The van der Waals surface area contributed by atoms with Crippen molar-refractivity contribution in [1.82, 2.24) is 14.5 Å². The van der Waals surface area contributed by atoms with Crippen LogP contribution in [0.15, 0.2) is 42.5 Å². The number of ether oxygens (including phenoxy) is 1. The highest BCUT2D eigenvalue weighted by Crippen LogP contribution is 2.33. The quantitative estimate of drug-likeness (QED) is 0.0890. The number of Topliss-reactive ketones (excluding diaryl/α,β-unsaturated/α-hetero) is 2. The van der Waals surface area contributed by atoms with Gasteiger partial charge in [-0.3, -0.25) is 9.59 Å². The number of unbranched alkanes of at least 4 members (excludes halogenated alkanes) is 4. The molecule has 0 aliphatic carbocycles. The Hall–Kier alpha value is -4.33. The number of quaternary nitrogens is 1. The van der Waals surface area contributed by atoms with E-state index in [1.54, 1.807) is 19.1 Å². The number of nitrogen functional groups attached to an aromatic ring is 1. The van der Waals surface area contributed by atoms with Crippen molar-refractivity contribution in [3.05, 3.63) is 59.4 Å². The SMILES string of the molecule is CCCCc1nc2c(N)nc3ccc(N4CC[N+](C)(CCOCCC(C)=O)CC4)cc3c2n1CCCCCCC(=O)Cc1cccc(C#N)c1. The lowest BCUT2D eigenvalue weighted by Crippen LogP contribution is -2.58. The molecule has 0 radical (unpaired) electrons. The first-order valence-electron chi connectivity index (χ1n) is 18.4. The summed E-state index contributed by atoms with van der Waals surface area (Å²) in [7, 11) is 2.30. The third-order valence-corrected chi connectivity index (χ3v) is 10.1. The number of nitrogens with zero attached hydrogens (tertiary/aromatic N) is 6. The standard InChI is InChI=1S/C40H54N7O3/c1-4-5-14-37-44-38-39(46(37)18-9-7-6-8-13-34(49)27-31-11-10-12-32(26-31)29-41)35-28-33(15-16-36(35)43-40(38)42)45-19-21-47(3,22-20-45)23-25-50-24-17-30(2)48/h10-12,15-16,26,28H,4-9,13-14,17-25,27H2,1-3H3,(H2,42,43)/q+1. The summed E-state index contributed by atoms with van der Waals surface area (Å²) < 4.78 is 9.10. The minimum Gasteiger partial charge on any atom is -0.382 e. The molecular weight excluding hydrogens is 626 g/mol. The second-order valence-corrected chi connectivity index (χ2v) is 14.2. The molecule has 0 spiro atoms. The molecule has 0 unspecified atom stereocenters. The summed E-state index contributed by atoms with van der Waals surface area (Å²) in [6.07, 6.45) is 8.36. The van der Waals surface area contributed by atoms with E-state index in [4.69, 9.17) is 25.7 Å². The van der Waals surface area contributed by atoms with Crippen LogP contribution in [0.4, 0.5) is 11.5 Å². The van der Waals surface area contributed by atoms with Crippen LogP contribution in [-0.2, 0) is 33.7 Å². The van der Waals surface area contributed by atoms with Gasteiger partial charge in [0, 0.05) is 43.3 Å². The number of pyridine rings is 1. The molecule has 3 heterocycles. The van der Waals surface area contributed by atoms with E-state index in [2.05, 4.69) is 47.7 Å². The smallest absolute Gasteiger partial charge is 0.152 e. The summed E-state index contributed by atoms with van der Waals surface area (Å²) in [5.74, 6) is 1.94. The number of fused-ring (bicyclic) bond motifs is 3. The van der Waals surface area contributed by atoms with E-state index in [0.717, 1.165) is 122 Å². The highest BCUT2D eigenvalue weighted by atomic mass is 16.5. The van der Waals surface area contributed by atoms with Crippen LogP contribution in [-0.4, -0.2) is 83.6 Å². The number of ketones is 2. The Balaban J connectivity index is 1.24. The molecule has 266 valence electrons. The normalized spacial score (nSPS) is 14.3. The molecule has 5 rings (SSSR count). The van der Waals surface area contributed by atoms with Gasteiger partial charge in [0.25, 0.3) is 0 Å². The van der Waals surface area contributed by atoms with E-state index in [-0.39, 0.29) is 11.6 Å². The predicted molar refractivity (Wildman–Crippen MR) is 200 cm³/mol. The number of likely N-dealkylation sites (N-methyl/N-ethyl adjacent to an activating group) is 1. The third-order valence-electron chi connectivity index (χ3n) is 10.1. The minimum atomic E-state index is 0.169. The number of carbonyl (C=O) groups excluding carboxylic acids is 2. The van der Waals surface area contributed by atoms with Crippen molar-refractivity contribution in [2.24, 2.45) is 0 Å². The molecule has 2 aromatic carbocycles. The number of hydrogen-bond acceptors (Lipinski definition) is 8. The van der Waals surface area contributed by atoms with Gasteiger partial charge in [-0.2, -0.15) is 5.26 Å². The van der Waals surface area contributed by atoms with Crippen LogP contribution < -0.4 is 10.6 Å². The molecular formula is C40H54N7O3+. The average molecular weight is 681 g/mol. The molecule has 10 nitrogen and oxygen atoms in total. The maximum Gasteiger partial charge on any atom is 0.152 e. The van der Waals surface area contributed by atoms with E-state index in [9.17, 15) is 9.59 Å². The highest BCUT2D eigenvalue weighted by Gasteiger charge is 2.29. The number of imidazole rings is 1. The van der Waals surface area contributed by atoms with Crippen LogP contribution in [0.1, 0.15) is 82.2 Å². The second-order valence-electron chi connectivity index (χ2n) is 14.2. The summed E-state index contributed by atoms with van der Waals surface area (Å²) in [5.41, 5.74) is 12.0. The molecule has 1 aliphatic heterocycles. The maximum atomic E-state index is 12.6. The van der Waals surface area contributed by atoms with E-state index >= 15 is 0 Å². The zero-order valence-electron chi connectivity index (χ0n) is 30.3.